The van der Waals surface area contributed by atoms with E-state index in [-0.39, 0.29) is 0 Å². The zero-order valence-electron chi connectivity index (χ0n) is 18.1. The standard InChI is InChI=1S/C22H36N4O3/c1-17(2)13-19(26-7-11-27-12-8-26)16-25-22(23-3)24-15-18-5-6-20-21(14-18)29-10-4-9-28-20/h5-6,14,17,19H,4,7-13,15-16H2,1-3H3,(H2,23,24,25). The summed E-state index contributed by atoms with van der Waals surface area (Å²) in [6, 6.07) is 6.60. The molecule has 3 rings (SSSR count). The van der Waals surface area contributed by atoms with E-state index in [9.17, 15) is 0 Å². The molecule has 162 valence electrons. The van der Waals surface area contributed by atoms with Gasteiger partial charge in [-0.2, -0.15) is 0 Å². The molecule has 0 aromatic heterocycles. The van der Waals surface area contributed by atoms with Gasteiger partial charge in [0.2, 0.25) is 0 Å². The highest BCUT2D eigenvalue weighted by Crippen LogP contribution is 2.30. The van der Waals surface area contributed by atoms with Crippen LogP contribution in [0.3, 0.4) is 0 Å². The molecule has 1 atom stereocenters. The summed E-state index contributed by atoms with van der Waals surface area (Å²) in [4.78, 5) is 6.93. The molecule has 0 spiro atoms. The minimum atomic E-state index is 0.482. The van der Waals surface area contributed by atoms with Gasteiger partial charge in [0.05, 0.1) is 26.4 Å². The van der Waals surface area contributed by atoms with E-state index in [1.165, 1.54) is 0 Å². The van der Waals surface area contributed by atoms with Crippen LogP contribution in [0.4, 0.5) is 0 Å². The lowest BCUT2D eigenvalue weighted by atomic mass is 10.0. The molecular formula is C22H36N4O3. The molecule has 2 aliphatic heterocycles. The maximum absolute atomic E-state index is 5.79. The van der Waals surface area contributed by atoms with Crippen LogP contribution >= 0.6 is 0 Å². The normalized spacial score (nSPS) is 19.0. The van der Waals surface area contributed by atoms with Gasteiger partial charge in [0.15, 0.2) is 17.5 Å². The smallest absolute Gasteiger partial charge is 0.191 e. The molecule has 1 unspecified atom stereocenters. The number of nitrogens with one attached hydrogen (secondary N) is 2. The SMILES string of the molecule is CN=C(NCc1ccc2c(c1)OCCCO2)NCC(CC(C)C)N1CCOCC1. The monoisotopic (exact) mass is 404 g/mol. The summed E-state index contributed by atoms with van der Waals surface area (Å²) >= 11 is 0. The fraction of sp³-hybridized carbons (Fsp3) is 0.682. The summed E-state index contributed by atoms with van der Waals surface area (Å²) in [5, 5.41) is 6.93. The summed E-state index contributed by atoms with van der Waals surface area (Å²) in [5.74, 6) is 3.13. The van der Waals surface area contributed by atoms with Crippen molar-refractivity contribution in [2.24, 2.45) is 10.9 Å². The summed E-state index contributed by atoms with van der Waals surface area (Å²) in [6.45, 7) is 11.2. The highest BCUT2D eigenvalue weighted by atomic mass is 16.5. The van der Waals surface area contributed by atoms with Crippen LogP contribution < -0.4 is 20.1 Å². The summed E-state index contributed by atoms with van der Waals surface area (Å²) in [6.07, 6.45) is 2.08. The van der Waals surface area contributed by atoms with Crippen molar-refractivity contribution in [2.75, 3.05) is 53.1 Å². The zero-order chi connectivity index (χ0) is 20.5. The Kier molecular flexibility index (Phi) is 8.43. The molecule has 2 heterocycles. The molecule has 0 saturated carbocycles. The molecule has 0 aliphatic carbocycles. The first-order chi connectivity index (χ1) is 14.2. The minimum Gasteiger partial charge on any atom is -0.490 e. The second-order valence-corrected chi connectivity index (χ2v) is 8.07. The Morgan fingerprint density at radius 1 is 1.07 bits per heavy atom. The number of fused-ring (bicyclic) bond motifs is 1. The largest absolute Gasteiger partial charge is 0.490 e. The highest BCUT2D eigenvalue weighted by Gasteiger charge is 2.22. The van der Waals surface area contributed by atoms with E-state index in [0.29, 0.717) is 31.7 Å². The first kappa shape index (κ1) is 21.7. The number of benzene rings is 1. The van der Waals surface area contributed by atoms with Crippen LogP contribution in [-0.2, 0) is 11.3 Å². The lowest BCUT2D eigenvalue weighted by Gasteiger charge is -2.35. The number of aliphatic imine (C=N–C) groups is 1. The Morgan fingerprint density at radius 2 is 1.83 bits per heavy atom. The van der Waals surface area contributed by atoms with Gasteiger partial charge >= 0.3 is 0 Å². The Bertz CT molecular complexity index is 659. The van der Waals surface area contributed by atoms with Crippen molar-refractivity contribution in [3.8, 4) is 11.5 Å². The van der Waals surface area contributed by atoms with Crippen LogP contribution in [0.2, 0.25) is 0 Å². The van der Waals surface area contributed by atoms with E-state index in [1.807, 2.05) is 13.1 Å². The van der Waals surface area contributed by atoms with Gasteiger partial charge in [-0.1, -0.05) is 19.9 Å². The van der Waals surface area contributed by atoms with Crippen LogP contribution in [0.15, 0.2) is 23.2 Å². The first-order valence-corrected chi connectivity index (χ1v) is 10.8. The number of nitrogens with zero attached hydrogens (tertiary/aromatic N) is 2. The van der Waals surface area contributed by atoms with E-state index < -0.39 is 0 Å². The molecule has 1 fully saturated rings. The van der Waals surface area contributed by atoms with E-state index in [0.717, 1.165) is 68.7 Å². The molecule has 0 bridgehead atoms. The van der Waals surface area contributed by atoms with Crippen molar-refractivity contribution >= 4 is 5.96 Å². The average Bonchev–Trinajstić information content (AvgIpc) is 2.98. The summed E-state index contributed by atoms with van der Waals surface area (Å²) in [5.41, 5.74) is 1.14. The third-order valence-corrected chi connectivity index (χ3v) is 5.31. The molecule has 2 N–H and O–H groups in total. The van der Waals surface area contributed by atoms with Gasteiger partial charge in [-0.25, -0.2) is 0 Å². The molecule has 0 radical (unpaired) electrons. The Labute approximate surface area is 174 Å². The van der Waals surface area contributed by atoms with Crippen molar-refractivity contribution in [1.29, 1.82) is 0 Å². The van der Waals surface area contributed by atoms with Crippen molar-refractivity contribution < 1.29 is 14.2 Å². The predicted octanol–water partition coefficient (Wildman–Crippen LogP) is 2.26. The number of ether oxygens (including phenoxy) is 3. The Hall–Kier alpha value is -1.99. The van der Waals surface area contributed by atoms with Crippen LogP contribution in [0.25, 0.3) is 0 Å². The van der Waals surface area contributed by atoms with Crippen LogP contribution in [0, 0.1) is 5.92 Å². The molecule has 1 aromatic carbocycles. The van der Waals surface area contributed by atoms with Gasteiger partial charge in [0.25, 0.3) is 0 Å². The first-order valence-electron chi connectivity index (χ1n) is 10.8. The zero-order valence-corrected chi connectivity index (χ0v) is 18.1. The number of guanidine groups is 1. The van der Waals surface area contributed by atoms with Crippen LogP contribution in [0.5, 0.6) is 11.5 Å². The van der Waals surface area contributed by atoms with Gasteiger partial charge < -0.3 is 24.8 Å². The molecule has 1 aromatic rings. The average molecular weight is 405 g/mol. The minimum absolute atomic E-state index is 0.482. The van der Waals surface area contributed by atoms with Gasteiger partial charge in [0, 0.05) is 45.7 Å². The van der Waals surface area contributed by atoms with E-state index in [1.54, 1.807) is 0 Å². The van der Waals surface area contributed by atoms with E-state index >= 15 is 0 Å². The number of rotatable bonds is 7. The maximum Gasteiger partial charge on any atom is 0.191 e. The molecule has 2 aliphatic rings. The third kappa shape index (κ3) is 6.78. The van der Waals surface area contributed by atoms with Gasteiger partial charge in [0.1, 0.15) is 0 Å². The fourth-order valence-electron chi connectivity index (χ4n) is 3.79. The quantitative estimate of drug-likeness (QED) is 0.537. The van der Waals surface area contributed by atoms with Crippen LogP contribution in [0.1, 0.15) is 32.3 Å². The Balaban J connectivity index is 1.52. The van der Waals surface area contributed by atoms with Crippen LogP contribution in [-0.4, -0.2) is 70.0 Å². The van der Waals surface area contributed by atoms with Crippen molar-refractivity contribution in [3.63, 3.8) is 0 Å². The molecule has 7 heteroatoms. The highest BCUT2D eigenvalue weighted by molar-refractivity contribution is 5.79. The number of hydrogen-bond donors (Lipinski definition) is 2. The molecular weight excluding hydrogens is 368 g/mol. The third-order valence-electron chi connectivity index (χ3n) is 5.31. The second kappa shape index (κ2) is 11.3. The lowest BCUT2D eigenvalue weighted by Crippen LogP contribution is -2.50. The Morgan fingerprint density at radius 3 is 2.55 bits per heavy atom. The van der Waals surface area contributed by atoms with E-state index in [4.69, 9.17) is 14.2 Å². The van der Waals surface area contributed by atoms with E-state index in [2.05, 4.69) is 46.5 Å². The fourth-order valence-corrected chi connectivity index (χ4v) is 3.79. The topological polar surface area (TPSA) is 67.4 Å². The summed E-state index contributed by atoms with van der Waals surface area (Å²) in [7, 11) is 1.81. The maximum atomic E-state index is 5.79. The van der Waals surface area contributed by atoms with Crippen molar-refractivity contribution in [3.05, 3.63) is 23.8 Å². The number of hydrogen-bond acceptors (Lipinski definition) is 5. The second-order valence-electron chi connectivity index (χ2n) is 8.07. The van der Waals surface area contributed by atoms with Crippen molar-refractivity contribution in [2.45, 2.75) is 39.3 Å². The van der Waals surface area contributed by atoms with Gasteiger partial charge in [-0.3, -0.25) is 9.89 Å². The molecule has 1 saturated heterocycles. The molecule has 0 amide bonds. The summed E-state index contributed by atoms with van der Waals surface area (Å²) < 4.78 is 17.0. The predicted molar refractivity (Wildman–Crippen MR) is 116 cm³/mol. The van der Waals surface area contributed by atoms with Crippen molar-refractivity contribution in [1.82, 2.24) is 15.5 Å². The van der Waals surface area contributed by atoms with Gasteiger partial charge in [-0.05, 0) is 30.0 Å². The van der Waals surface area contributed by atoms with Gasteiger partial charge in [-0.15, -0.1) is 0 Å². The molecule has 7 nitrogen and oxygen atoms in total. The lowest BCUT2D eigenvalue weighted by molar-refractivity contribution is 0.0132. The number of morpholine rings is 1. The molecule has 29 heavy (non-hydrogen) atoms.